The second kappa shape index (κ2) is 10.2. The zero-order valence-electron chi connectivity index (χ0n) is 15.5. The summed E-state index contributed by atoms with van der Waals surface area (Å²) in [6.45, 7) is 2.27. The Bertz CT molecular complexity index is 779. The molecule has 28 heavy (non-hydrogen) atoms. The highest BCUT2D eigenvalue weighted by atomic mass is 35.5. The Morgan fingerprint density at radius 3 is 2.43 bits per heavy atom. The molecular weight excluding hydrogens is 408 g/mol. The van der Waals surface area contributed by atoms with E-state index >= 15 is 0 Å². The third-order valence-electron chi connectivity index (χ3n) is 4.62. The minimum absolute atomic E-state index is 0.0809. The maximum Gasteiger partial charge on any atom is 0.280 e. The fraction of sp³-hybridized carbons (Fsp3) is 0.529. The number of carbonyl (C=O) groups is 2. The molecule has 11 heteroatoms. The summed E-state index contributed by atoms with van der Waals surface area (Å²) in [6.07, 6.45) is 1.43. The molecule has 1 atom stereocenters. The Morgan fingerprint density at radius 1 is 1.25 bits per heavy atom. The van der Waals surface area contributed by atoms with Gasteiger partial charge in [-0.25, -0.2) is 5.48 Å². The molecule has 0 spiro atoms. The quantitative estimate of drug-likeness (QED) is 0.356. The van der Waals surface area contributed by atoms with Gasteiger partial charge in [0.2, 0.25) is 5.91 Å². The number of hydrogen-bond acceptors (Lipinski definition) is 5. The molecule has 0 aliphatic carbocycles. The monoisotopic (exact) mass is 432 g/mol. The Kier molecular flexibility index (Phi) is 8.20. The van der Waals surface area contributed by atoms with Crippen LogP contribution in [-0.2, 0) is 26.3 Å². The van der Waals surface area contributed by atoms with E-state index in [9.17, 15) is 18.0 Å². The molecule has 156 valence electrons. The van der Waals surface area contributed by atoms with Crippen molar-refractivity contribution in [2.24, 2.45) is 5.92 Å². The standard InChI is InChI=1S/C17H25ClN4O5S/c1-12(17(24)20-25)21-28(26,27)22-8-6-13(7-9-22)10-16(23)19-11-14-2-4-15(18)5-3-14/h2-5,12-13,21,25H,6-11H2,1H3,(H,19,23)(H,20,24). The fourth-order valence-corrected chi connectivity index (χ4v) is 4.46. The van der Waals surface area contributed by atoms with E-state index < -0.39 is 22.2 Å². The van der Waals surface area contributed by atoms with Gasteiger partial charge in [-0.3, -0.25) is 14.8 Å². The third-order valence-corrected chi connectivity index (χ3v) is 6.57. The van der Waals surface area contributed by atoms with Gasteiger partial charge in [0.25, 0.3) is 16.1 Å². The molecule has 2 rings (SSSR count). The first-order valence-electron chi connectivity index (χ1n) is 8.93. The topological polar surface area (TPSA) is 128 Å². The van der Waals surface area contributed by atoms with Crippen LogP contribution >= 0.6 is 11.6 Å². The van der Waals surface area contributed by atoms with Crippen molar-refractivity contribution in [1.82, 2.24) is 19.8 Å². The number of rotatable bonds is 8. The number of hydrogen-bond donors (Lipinski definition) is 4. The van der Waals surface area contributed by atoms with Crippen molar-refractivity contribution in [1.29, 1.82) is 0 Å². The summed E-state index contributed by atoms with van der Waals surface area (Å²) in [5, 5.41) is 12.1. The van der Waals surface area contributed by atoms with E-state index in [-0.39, 0.29) is 24.9 Å². The van der Waals surface area contributed by atoms with Crippen molar-refractivity contribution in [2.75, 3.05) is 13.1 Å². The second-order valence-electron chi connectivity index (χ2n) is 6.77. The molecule has 0 bridgehead atoms. The van der Waals surface area contributed by atoms with Gasteiger partial charge in [0.1, 0.15) is 6.04 Å². The first-order chi connectivity index (χ1) is 13.2. The van der Waals surface area contributed by atoms with Crippen molar-refractivity contribution in [3.05, 3.63) is 34.9 Å². The molecule has 2 amide bonds. The highest BCUT2D eigenvalue weighted by Gasteiger charge is 2.31. The zero-order chi connectivity index (χ0) is 20.7. The van der Waals surface area contributed by atoms with E-state index in [1.165, 1.54) is 16.7 Å². The van der Waals surface area contributed by atoms with E-state index in [0.717, 1.165) is 5.56 Å². The van der Waals surface area contributed by atoms with Crippen molar-refractivity contribution in [3.8, 4) is 0 Å². The molecule has 1 aromatic carbocycles. The summed E-state index contributed by atoms with van der Waals surface area (Å²) in [6, 6.07) is 6.12. The van der Waals surface area contributed by atoms with Crippen LogP contribution in [-0.4, -0.2) is 48.9 Å². The molecule has 1 saturated heterocycles. The normalized spacial score (nSPS) is 17.1. The van der Waals surface area contributed by atoms with E-state index in [0.29, 0.717) is 30.8 Å². The largest absolute Gasteiger partial charge is 0.352 e. The van der Waals surface area contributed by atoms with Crippen LogP contribution in [0, 0.1) is 5.92 Å². The Labute approximate surface area is 169 Å². The lowest BCUT2D eigenvalue weighted by molar-refractivity contribution is -0.130. The summed E-state index contributed by atoms with van der Waals surface area (Å²) in [4.78, 5) is 23.4. The Morgan fingerprint density at radius 2 is 1.86 bits per heavy atom. The summed E-state index contributed by atoms with van der Waals surface area (Å²) in [7, 11) is -3.84. The number of carbonyl (C=O) groups excluding carboxylic acids is 2. The molecule has 1 aromatic rings. The van der Waals surface area contributed by atoms with E-state index in [2.05, 4.69) is 10.0 Å². The van der Waals surface area contributed by atoms with Crippen LogP contribution in [0.2, 0.25) is 5.02 Å². The maximum atomic E-state index is 12.3. The summed E-state index contributed by atoms with van der Waals surface area (Å²) in [5.74, 6) is -0.826. The SMILES string of the molecule is CC(NS(=O)(=O)N1CCC(CC(=O)NCc2ccc(Cl)cc2)CC1)C(=O)NO. The van der Waals surface area contributed by atoms with Gasteiger partial charge in [-0.15, -0.1) is 0 Å². The fourth-order valence-electron chi connectivity index (χ4n) is 2.94. The predicted octanol–water partition coefficient (Wildman–Crippen LogP) is 0.787. The number of piperidine rings is 1. The minimum Gasteiger partial charge on any atom is -0.352 e. The van der Waals surface area contributed by atoms with Gasteiger partial charge >= 0.3 is 0 Å². The average molecular weight is 433 g/mol. The average Bonchev–Trinajstić information content (AvgIpc) is 2.67. The van der Waals surface area contributed by atoms with Gasteiger partial charge in [0.15, 0.2) is 0 Å². The third kappa shape index (κ3) is 6.71. The van der Waals surface area contributed by atoms with Gasteiger partial charge in [0, 0.05) is 31.1 Å². The lowest BCUT2D eigenvalue weighted by Gasteiger charge is -2.31. The minimum atomic E-state index is -3.84. The van der Waals surface area contributed by atoms with E-state index in [1.54, 1.807) is 12.1 Å². The first kappa shape index (κ1) is 22.6. The van der Waals surface area contributed by atoms with E-state index in [4.69, 9.17) is 16.8 Å². The van der Waals surface area contributed by atoms with Gasteiger partial charge < -0.3 is 5.32 Å². The lowest BCUT2D eigenvalue weighted by atomic mass is 9.94. The maximum absolute atomic E-state index is 12.3. The molecule has 1 aliphatic heterocycles. The predicted molar refractivity (Wildman–Crippen MR) is 104 cm³/mol. The Balaban J connectivity index is 1.76. The lowest BCUT2D eigenvalue weighted by Crippen LogP contribution is -2.51. The zero-order valence-corrected chi connectivity index (χ0v) is 17.1. The van der Waals surface area contributed by atoms with Crippen molar-refractivity contribution < 1.29 is 23.2 Å². The molecule has 0 radical (unpaired) electrons. The molecule has 1 aliphatic rings. The summed E-state index contributed by atoms with van der Waals surface area (Å²) >= 11 is 5.83. The van der Waals surface area contributed by atoms with Gasteiger partial charge in [0.05, 0.1) is 0 Å². The molecular formula is C17H25ClN4O5S. The molecule has 4 N–H and O–H groups in total. The molecule has 1 fully saturated rings. The van der Waals surface area contributed by atoms with Crippen molar-refractivity contribution in [2.45, 2.75) is 38.8 Å². The van der Waals surface area contributed by atoms with Crippen LogP contribution in [0.4, 0.5) is 0 Å². The summed E-state index contributed by atoms with van der Waals surface area (Å²) < 4.78 is 28.0. The van der Waals surface area contributed by atoms with Gasteiger partial charge in [-0.05, 0) is 43.4 Å². The molecule has 1 heterocycles. The number of hydroxylamine groups is 1. The number of nitrogens with one attached hydrogen (secondary N) is 3. The van der Waals surface area contributed by atoms with Crippen LogP contribution in [0.5, 0.6) is 0 Å². The van der Waals surface area contributed by atoms with Crippen LogP contribution in [0.3, 0.4) is 0 Å². The number of nitrogens with zero attached hydrogens (tertiary/aromatic N) is 1. The van der Waals surface area contributed by atoms with E-state index in [1.807, 2.05) is 12.1 Å². The van der Waals surface area contributed by atoms with Gasteiger partial charge in [-0.2, -0.15) is 17.4 Å². The number of amides is 2. The highest BCUT2D eigenvalue weighted by Crippen LogP contribution is 2.22. The van der Waals surface area contributed by atoms with Crippen molar-refractivity contribution in [3.63, 3.8) is 0 Å². The second-order valence-corrected chi connectivity index (χ2v) is 8.91. The first-order valence-corrected chi connectivity index (χ1v) is 10.8. The molecule has 0 aromatic heterocycles. The van der Waals surface area contributed by atoms with Crippen LogP contribution in [0.25, 0.3) is 0 Å². The number of benzene rings is 1. The summed E-state index contributed by atoms with van der Waals surface area (Å²) in [5.41, 5.74) is 2.36. The van der Waals surface area contributed by atoms with Crippen LogP contribution in [0.1, 0.15) is 31.7 Å². The number of halogens is 1. The highest BCUT2D eigenvalue weighted by molar-refractivity contribution is 7.87. The Hall–Kier alpha value is -1.72. The van der Waals surface area contributed by atoms with Crippen LogP contribution in [0.15, 0.2) is 24.3 Å². The van der Waals surface area contributed by atoms with Crippen molar-refractivity contribution >= 4 is 33.6 Å². The van der Waals surface area contributed by atoms with Gasteiger partial charge in [-0.1, -0.05) is 23.7 Å². The smallest absolute Gasteiger partial charge is 0.280 e. The molecule has 0 saturated carbocycles. The molecule has 9 nitrogen and oxygen atoms in total. The van der Waals surface area contributed by atoms with Crippen LogP contribution < -0.4 is 15.5 Å². The molecule has 1 unspecified atom stereocenters.